The van der Waals surface area contributed by atoms with Gasteiger partial charge in [-0.3, -0.25) is 4.79 Å². The number of rotatable bonds is 8. The third kappa shape index (κ3) is 5.70. The van der Waals surface area contributed by atoms with Crippen molar-refractivity contribution in [1.82, 2.24) is 10.3 Å². The summed E-state index contributed by atoms with van der Waals surface area (Å²) in [6.07, 6.45) is 1.40. The van der Waals surface area contributed by atoms with Crippen LogP contribution < -0.4 is 10.2 Å². The van der Waals surface area contributed by atoms with Crippen molar-refractivity contribution in [2.75, 3.05) is 24.5 Å². The number of aromatic nitrogens is 1. The summed E-state index contributed by atoms with van der Waals surface area (Å²) in [5.41, 5.74) is 2.43. The monoisotopic (exact) mass is 365 g/mol. The van der Waals surface area contributed by atoms with Crippen LogP contribution in [0.3, 0.4) is 0 Å². The van der Waals surface area contributed by atoms with Gasteiger partial charge in [-0.1, -0.05) is 12.1 Å². The average Bonchev–Trinajstić information content (AvgIpc) is 2.58. The van der Waals surface area contributed by atoms with Gasteiger partial charge in [-0.15, -0.1) is 0 Å². The lowest BCUT2D eigenvalue weighted by Gasteiger charge is -2.23. The zero-order valence-electron chi connectivity index (χ0n) is 14.2. The highest BCUT2D eigenvalue weighted by Gasteiger charge is 2.16. The van der Waals surface area contributed by atoms with E-state index in [4.69, 9.17) is 0 Å². The average molecular weight is 365 g/mol. The van der Waals surface area contributed by atoms with E-state index in [2.05, 4.69) is 21.3 Å². The molecule has 0 unspecified atom stereocenters. The highest BCUT2D eigenvalue weighted by atomic mass is 32.2. The first kappa shape index (κ1) is 19.2. The number of hydrogen-bond donors (Lipinski definition) is 1. The molecule has 0 aliphatic rings. The van der Waals surface area contributed by atoms with Crippen LogP contribution in [-0.2, 0) is 0 Å². The van der Waals surface area contributed by atoms with Gasteiger partial charge in [-0.2, -0.15) is 8.78 Å². The number of alkyl halides is 2. The van der Waals surface area contributed by atoms with Crippen molar-refractivity contribution in [3.05, 3.63) is 53.7 Å². The van der Waals surface area contributed by atoms with Gasteiger partial charge >= 0.3 is 0 Å². The molecule has 0 radical (unpaired) electrons. The number of halogens is 2. The fourth-order valence-electron chi connectivity index (χ4n) is 2.44. The standard InChI is InChI=1S/C18H21F2N3OS/c1-3-23(14-7-4-6-13(2)12-14)11-10-21-16(24)15-8-5-9-22-17(15)25-18(19)20/h4-9,12,18H,3,10-11H2,1-2H3,(H,21,24). The third-order valence-corrected chi connectivity index (χ3v) is 4.36. The summed E-state index contributed by atoms with van der Waals surface area (Å²) in [6.45, 7) is 5.92. The van der Waals surface area contributed by atoms with Gasteiger partial charge in [-0.05, 0) is 55.4 Å². The topological polar surface area (TPSA) is 45.2 Å². The Balaban J connectivity index is 1.96. The maximum atomic E-state index is 12.6. The van der Waals surface area contributed by atoms with Crippen molar-refractivity contribution in [2.24, 2.45) is 0 Å². The number of nitrogens with zero attached hydrogens (tertiary/aromatic N) is 2. The second-order valence-corrected chi connectivity index (χ2v) is 6.39. The minimum Gasteiger partial charge on any atom is -0.370 e. The summed E-state index contributed by atoms with van der Waals surface area (Å²) < 4.78 is 25.1. The smallest absolute Gasteiger partial charge is 0.290 e. The number of likely N-dealkylation sites (N-methyl/N-ethyl adjacent to an activating group) is 1. The normalized spacial score (nSPS) is 10.8. The van der Waals surface area contributed by atoms with Gasteiger partial charge in [0, 0.05) is 31.5 Å². The summed E-state index contributed by atoms with van der Waals surface area (Å²) >= 11 is 0.280. The van der Waals surface area contributed by atoms with Crippen LogP contribution in [0.2, 0.25) is 0 Å². The molecule has 2 rings (SSSR count). The predicted octanol–water partition coefficient (Wildman–Crippen LogP) is 3.96. The summed E-state index contributed by atoms with van der Waals surface area (Å²) in [5, 5.41) is 2.83. The first-order valence-electron chi connectivity index (χ1n) is 8.01. The Morgan fingerprint density at radius 3 is 2.80 bits per heavy atom. The molecule has 1 amide bonds. The highest BCUT2D eigenvalue weighted by molar-refractivity contribution is 7.99. The fourth-order valence-corrected chi connectivity index (χ4v) is 3.01. The largest absolute Gasteiger partial charge is 0.370 e. The summed E-state index contributed by atoms with van der Waals surface area (Å²) in [4.78, 5) is 18.3. The molecule has 0 fully saturated rings. The van der Waals surface area contributed by atoms with Gasteiger partial charge in [0.05, 0.1) is 5.56 Å². The predicted molar refractivity (Wildman–Crippen MR) is 97.5 cm³/mol. The van der Waals surface area contributed by atoms with E-state index < -0.39 is 11.7 Å². The van der Waals surface area contributed by atoms with E-state index in [1.807, 2.05) is 32.0 Å². The first-order valence-corrected chi connectivity index (χ1v) is 8.89. The van der Waals surface area contributed by atoms with Crippen LogP contribution in [0, 0.1) is 6.92 Å². The lowest BCUT2D eigenvalue weighted by Crippen LogP contribution is -2.35. The summed E-state index contributed by atoms with van der Waals surface area (Å²) in [5.74, 6) is -3.00. The zero-order chi connectivity index (χ0) is 18.2. The molecular weight excluding hydrogens is 344 g/mol. The molecule has 1 aromatic carbocycles. The molecule has 7 heteroatoms. The molecule has 1 heterocycles. The summed E-state index contributed by atoms with van der Waals surface area (Å²) in [7, 11) is 0. The maximum absolute atomic E-state index is 12.6. The van der Waals surface area contributed by atoms with Crippen molar-refractivity contribution in [3.63, 3.8) is 0 Å². The minimum atomic E-state index is -2.61. The van der Waals surface area contributed by atoms with Crippen molar-refractivity contribution in [2.45, 2.75) is 24.6 Å². The van der Waals surface area contributed by atoms with Crippen LogP contribution in [0.1, 0.15) is 22.8 Å². The number of benzene rings is 1. The number of hydrogen-bond acceptors (Lipinski definition) is 4. The molecule has 0 spiro atoms. The quantitative estimate of drug-likeness (QED) is 0.719. The van der Waals surface area contributed by atoms with Gasteiger partial charge in [0.2, 0.25) is 0 Å². The van der Waals surface area contributed by atoms with Crippen molar-refractivity contribution >= 4 is 23.4 Å². The molecule has 134 valence electrons. The number of anilines is 1. The second kappa shape index (κ2) is 9.36. The van der Waals surface area contributed by atoms with Crippen molar-refractivity contribution in [1.29, 1.82) is 0 Å². The summed E-state index contributed by atoms with van der Waals surface area (Å²) in [6, 6.07) is 11.2. The Kier molecular flexibility index (Phi) is 7.18. The fraction of sp³-hybridized carbons (Fsp3) is 0.333. The zero-order valence-corrected chi connectivity index (χ0v) is 15.0. The van der Waals surface area contributed by atoms with E-state index in [0.29, 0.717) is 13.1 Å². The molecule has 0 aliphatic carbocycles. The Hall–Kier alpha value is -2.15. The highest BCUT2D eigenvalue weighted by Crippen LogP contribution is 2.26. The van der Waals surface area contributed by atoms with Crippen LogP contribution in [0.5, 0.6) is 0 Å². The van der Waals surface area contributed by atoms with Crippen LogP contribution in [0.4, 0.5) is 14.5 Å². The lowest BCUT2D eigenvalue weighted by atomic mass is 10.2. The van der Waals surface area contributed by atoms with Gasteiger partial charge in [0.25, 0.3) is 11.7 Å². The maximum Gasteiger partial charge on any atom is 0.290 e. The van der Waals surface area contributed by atoms with E-state index in [-0.39, 0.29) is 22.4 Å². The van der Waals surface area contributed by atoms with Gasteiger partial charge in [-0.25, -0.2) is 4.98 Å². The molecule has 1 N–H and O–H groups in total. The molecule has 0 aliphatic heterocycles. The molecule has 2 aromatic rings. The Bertz CT molecular complexity index is 712. The van der Waals surface area contributed by atoms with Crippen molar-refractivity contribution in [3.8, 4) is 0 Å². The molecule has 0 saturated heterocycles. The van der Waals surface area contributed by atoms with Gasteiger partial charge in [0.15, 0.2) is 0 Å². The Labute approximate surface area is 150 Å². The number of carbonyl (C=O) groups excluding carboxylic acids is 1. The molecule has 0 saturated carbocycles. The van der Waals surface area contributed by atoms with Crippen LogP contribution in [-0.4, -0.2) is 36.3 Å². The lowest BCUT2D eigenvalue weighted by molar-refractivity contribution is 0.0951. The van der Waals surface area contributed by atoms with E-state index in [1.165, 1.54) is 17.8 Å². The molecule has 4 nitrogen and oxygen atoms in total. The van der Waals surface area contributed by atoms with Crippen molar-refractivity contribution < 1.29 is 13.6 Å². The van der Waals surface area contributed by atoms with Gasteiger partial charge < -0.3 is 10.2 Å². The number of aryl methyl sites for hydroxylation is 1. The number of nitrogens with one attached hydrogen (secondary N) is 1. The number of pyridine rings is 1. The van der Waals surface area contributed by atoms with Crippen LogP contribution in [0.15, 0.2) is 47.6 Å². The number of amides is 1. The Morgan fingerprint density at radius 1 is 1.32 bits per heavy atom. The first-order chi connectivity index (χ1) is 12.0. The van der Waals surface area contributed by atoms with Crippen LogP contribution >= 0.6 is 11.8 Å². The van der Waals surface area contributed by atoms with E-state index in [1.54, 1.807) is 6.07 Å². The second-order valence-electron chi connectivity index (χ2n) is 5.41. The van der Waals surface area contributed by atoms with E-state index in [0.717, 1.165) is 12.2 Å². The van der Waals surface area contributed by atoms with E-state index in [9.17, 15) is 13.6 Å². The number of carbonyl (C=O) groups is 1. The minimum absolute atomic E-state index is 0.0426. The number of thioether (sulfide) groups is 1. The molecule has 1 aromatic heterocycles. The molecule has 0 bridgehead atoms. The molecule has 0 atom stereocenters. The van der Waals surface area contributed by atoms with Crippen LogP contribution in [0.25, 0.3) is 0 Å². The third-order valence-electron chi connectivity index (χ3n) is 3.63. The van der Waals surface area contributed by atoms with E-state index >= 15 is 0 Å². The SMILES string of the molecule is CCN(CCNC(=O)c1cccnc1SC(F)F)c1cccc(C)c1. The Morgan fingerprint density at radius 2 is 2.12 bits per heavy atom. The molecule has 25 heavy (non-hydrogen) atoms. The van der Waals surface area contributed by atoms with Gasteiger partial charge in [0.1, 0.15) is 5.03 Å². The molecular formula is C18H21F2N3OS.